The standard InChI is InChI=1S/C14H29N3O2/c1-11-7-12(2)9-17(8-11)10-13(3)16-14(19)15-5-4-6-18/h11-13,18H,4-10H2,1-3H3,(H2,15,16,19). The molecule has 0 saturated carbocycles. The first kappa shape index (κ1) is 16.2. The zero-order valence-electron chi connectivity index (χ0n) is 12.5. The van der Waals surface area contributed by atoms with Crippen LogP contribution in [0.2, 0.25) is 0 Å². The summed E-state index contributed by atoms with van der Waals surface area (Å²) in [5.74, 6) is 1.49. The van der Waals surface area contributed by atoms with Crippen LogP contribution in [0.5, 0.6) is 0 Å². The normalized spacial score (nSPS) is 25.9. The van der Waals surface area contributed by atoms with Gasteiger partial charge in [0.1, 0.15) is 0 Å². The number of nitrogens with zero attached hydrogens (tertiary/aromatic N) is 1. The summed E-state index contributed by atoms with van der Waals surface area (Å²) in [7, 11) is 0. The van der Waals surface area contributed by atoms with E-state index in [1.165, 1.54) is 6.42 Å². The first-order valence-electron chi connectivity index (χ1n) is 7.38. The summed E-state index contributed by atoms with van der Waals surface area (Å²) in [6, 6.07) is 0.00526. The Labute approximate surface area is 116 Å². The maximum atomic E-state index is 11.6. The first-order chi connectivity index (χ1) is 9.01. The minimum absolute atomic E-state index is 0.111. The van der Waals surface area contributed by atoms with Gasteiger partial charge >= 0.3 is 6.03 Å². The second kappa shape index (κ2) is 8.38. The minimum Gasteiger partial charge on any atom is -0.396 e. The van der Waals surface area contributed by atoms with Gasteiger partial charge in [-0.3, -0.25) is 0 Å². The van der Waals surface area contributed by atoms with Crippen molar-refractivity contribution in [2.75, 3.05) is 32.8 Å². The SMILES string of the molecule is CC1CC(C)CN(CC(C)NC(=O)NCCCO)C1. The van der Waals surface area contributed by atoms with Crippen LogP contribution in [0.15, 0.2) is 0 Å². The van der Waals surface area contributed by atoms with Gasteiger partial charge in [0.2, 0.25) is 0 Å². The van der Waals surface area contributed by atoms with Crippen molar-refractivity contribution in [1.29, 1.82) is 0 Å². The lowest BCUT2D eigenvalue weighted by Gasteiger charge is -2.36. The fourth-order valence-electron chi connectivity index (χ4n) is 2.93. The summed E-state index contributed by atoms with van der Waals surface area (Å²) in [5, 5.41) is 14.3. The lowest BCUT2D eigenvalue weighted by molar-refractivity contribution is 0.131. The van der Waals surface area contributed by atoms with Crippen molar-refractivity contribution in [3.8, 4) is 0 Å². The van der Waals surface area contributed by atoms with Crippen LogP contribution in [0, 0.1) is 11.8 Å². The van der Waals surface area contributed by atoms with E-state index in [1.54, 1.807) is 0 Å². The highest BCUT2D eigenvalue weighted by atomic mass is 16.3. The van der Waals surface area contributed by atoms with Crippen molar-refractivity contribution < 1.29 is 9.90 Å². The van der Waals surface area contributed by atoms with Gasteiger partial charge in [-0.15, -0.1) is 0 Å². The van der Waals surface area contributed by atoms with E-state index in [2.05, 4.69) is 29.4 Å². The number of amides is 2. The molecule has 0 aromatic heterocycles. The summed E-state index contributed by atoms with van der Waals surface area (Å²) in [6.45, 7) is 10.4. The van der Waals surface area contributed by atoms with E-state index in [0.29, 0.717) is 13.0 Å². The van der Waals surface area contributed by atoms with Crippen LogP contribution in [0.3, 0.4) is 0 Å². The Morgan fingerprint density at radius 1 is 1.37 bits per heavy atom. The Hall–Kier alpha value is -0.810. The van der Waals surface area contributed by atoms with Crippen molar-refractivity contribution in [2.24, 2.45) is 11.8 Å². The number of carbonyl (C=O) groups excluding carboxylic acids is 1. The van der Waals surface area contributed by atoms with E-state index in [0.717, 1.165) is 31.5 Å². The molecule has 5 nitrogen and oxygen atoms in total. The summed E-state index contributed by atoms with van der Waals surface area (Å²) in [4.78, 5) is 14.0. The van der Waals surface area contributed by atoms with Crippen LogP contribution < -0.4 is 10.6 Å². The zero-order valence-corrected chi connectivity index (χ0v) is 12.5. The average molecular weight is 271 g/mol. The Bertz CT molecular complexity index is 263. The predicted molar refractivity (Wildman–Crippen MR) is 77.1 cm³/mol. The van der Waals surface area contributed by atoms with Crippen molar-refractivity contribution in [3.05, 3.63) is 0 Å². The lowest BCUT2D eigenvalue weighted by Crippen LogP contribution is -2.49. The van der Waals surface area contributed by atoms with E-state index >= 15 is 0 Å². The summed E-state index contributed by atoms with van der Waals surface area (Å²) in [6.07, 6.45) is 1.91. The molecule has 0 bridgehead atoms. The van der Waals surface area contributed by atoms with Gasteiger partial charge in [-0.2, -0.15) is 0 Å². The number of carbonyl (C=O) groups is 1. The summed E-state index contributed by atoms with van der Waals surface area (Å²) in [5.41, 5.74) is 0. The molecule has 5 heteroatoms. The Kier molecular flexibility index (Phi) is 7.16. The molecule has 19 heavy (non-hydrogen) atoms. The molecule has 0 spiro atoms. The maximum Gasteiger partial charge on any atom is 0.315 e. The van der Waals surface area contributed by atoms with Crippen LogP contribution in [-0.2, 0) is 0 Å². The number of aliphatic hydroxyl groups excluding tert-OH is 1. The number of hydrogen-bond acceptors (Lipinski definition) is 3. The Balaban J connectivity index is 2.22. The third kappa shape index (κ3) is 6.78. The largest absolute Gasteiger partial charge is 0.396 e. The molecule has 0 aliphatic carbocycles. The van der Waals surface area contributed by atoms with E-state index in [4.69, 9.17) is 5.11 Å². The molecule has 0 radical (unpaired) electrons. The first-order valence-corrected chi connectivity index (χ1v) is 7.38. The van der Waals surface area contributed by atoms with Gasteiger partial charge in [-0.1, -0.05) is 13.8 Å². The molecule has 3 N–H and O–H groups in total. The molecular formula is C14H29N3O2. The number of piperidine rings is 1. The van der Waals surface area contributed by atoms with Crippen molar-refractivity contribution in [2.45, 2.75) is 39.7 Å². The molecule has 1 saturated heterocycles. The van der Waals surface area contributed by atoms with E-state index in [-0.39, 0.29) is 18.7 Å². The van der Waals surface area contributed by atoms with Gasteiger partial charge in [-0.05, 0) is 31.6 Å². The maximum absolute atomic E-state index is 11.6. The predicted octanol–water partition coefficient (Wildman–Crippen LogP) is 1.03. The molecule has 1 heterocycles. The molecule has 0 aromatic carbocycles. The van der Waals surface area contributed by atoms with Crippen LogP contribution in [0.25, 0.3) is 0 Å². The quantitative estimate of drug-likeness (QED) is 0.632. The van der Waals surface area contributed by atoms with Crippen molar-refractivity contribution in [1.82, 2.24) is 15.5 Å². The number of aliphatic hydroxyl groups is 1. The molecule has 1 aliphatic rings. The van der Waals surface area contributed by atoms with Crippen LogP contribution in [0.1, 0.15) is 33.6 Å². The van der Waals surface area contributed by atoms with Gasteiger partial charge in [0, 0.05) is 38.8 Å². The highest BCUT2D eigenvalue weighted by Crippen LogP contribution is 2.20. The molecule has 2 amide bonds. The van der Waals surface area contributed by atoms with Gasteiger partial charge in [0.05, 0.1) is 0 Å². The second-order valence-corrected chi connectivity index (χ2v) is 6.04. The highest BCUT2D eigenvalue weighted by Gasteiger charge is 2.23. The molecule has 0 aromatic rings. The van der Waals surface area contributed by atoms with Gasteiger partial charge < -0.3 is 20.6 Å². The van der Waals surface area contributed by atoms with Crippen molar-refractivity contribution in [3.63, 3.8) is 0 Å². The van der Waals surface area contributed by atoms with E-state index < -0.39 is 0 Å². The Morgan fingerprint density at radius 2 is 2.00 bits per heavy atom. The van der Waals surface area contributed by atoms with E-state index in [1.807, 2.05) is 6.92 Å². The van der Waals surface area contributed by atoms with Gasteiger partial charge in [0.15, 0.2) is 0 Å². The monoisotopic (exact) mass is 271 g/mol. The number of likely N-dealkylation sites (tertiary alicyclic amines) is 1. The number of nitrogens with one attached hydrogen (secondary N) is 2. The fraction of sp³-hybridized carbons (Fsp3) is 0.929. The molecule has 3 atom stereocenters. The smallest absolute Gasteiger partial charge is 0.315 e. The van der Waals surface area contributed by atoms with Crippen LogP contribution in [0.4, 0.5) is 4.79 Å². The van der Waals surface area contributed by atoms with Crippen molar-refractivity contribution >= 4 is 6.03 Å². The Morgan fingerprint density at radius 3 is 2.58 bits per heavy atom. The third-order valence-corrected chi connectivity index (χ3v) is 3.47. The fourth-order valence-corrected chi connectivity index (χ4v) is 2.93. The molecule has 1 aliphatic heterocycles. The zero-order chi connectivity index (χ0) is 14.3. The van der Waals surface area contributed by atoms with E-state index in [9.17, 15) is 4.79 Å². The molecular weight excluding hydrogens is 242 g/mol. The highest BCUT2D eigenvalue weighted by molar-refractivity contribution is 5.74. The van der Waals surface area contributed by atoms with Crippen LogP contribution in [-0.4, -0.2) is 54.9 Å². The van der Waals surface area contributed by atoms with Crippen LogP contribution >= 0.6 is 0 Å². The average Bonchev–Trinajstić information content (AvgIpc) is 2.27. The molecule has 112 valence electrons. The molecule has 1 rings (SSSR count). The van der Waals surface area contributed by atoms with Gasteiger partial charge in [-0.25, -0.2) is 4.79 Å². The summed E-state index contributed by atoms with van der Waals surface area (Å²) < 4.78 is 0. The number of rotatable bonds is 6. The molecule has 1 fully saturated rings. The lowest BCUT2D eigenvalue weighted by atomic mass is 9.92. The summed E-state index contributed by atoms with van der Waals surface area (Å²) >= 11 is 0. The topological polar surface area (TPSA) is 64.6 Å². The third-order valence-electron chi connectivity index (χ3n) is 3.47. The number of urea groups is 1. The van der Waals surface area contributed by atoms with Gasteiger partial charge in [0.25, 0.3) is 0 Å². The molecule has 3 unspecified atom stereocenters. The minimum atomic E-state index is -0.140. The number of hydrogen-bond donors (Lipinski definition) is 3. The second-order valence-electron chi connectivity index (χ2n) is 6.04.